The van der Waals surface area contributed by atoms with Crippen LogP contribution in [0.25, 0.3) is 0 Å². The number of esters is 1. The molecule has 3 aromatic rings. The Balaban J connectivity index is 2.03. The SMILES string of the molecule is COC(=O)c1cc(Oc2ccc([N+](=O)[O-])c(C)c2)ccc1N(c1ccc(C)cc1)S(=O)O. The van der Waals surface area contributed by atoms with Gasteiger partial charge in [-0.25, -0.2) is 13.3 Å². The van der Waals surface area contributed by atoms with Crippen LogP contribution < -0.4 is 9.04 Å². The third kappa shape index (κ3) is 4.93. The van der Waals surface area contributed by atoms with Crippen LogP contribution in [0, 0.1) is 24.0 Å². The molecule has 9 nitrogen and oxygen atoms in total. The smallest absolute Gasteiger partial charge is 0.340 e. The van der Waals surface area contributed by atoms with E-state index in [-0.39, 0.29) is 22.7 Å². The van der Waals surface area contributed by atoms with Gasteiger partial charge in [0, 0.05) is 11.6 Å². The Kier molecular flexibility index (Phi) is 6.86. The van der Waals surface area contributed by atoms with Crippen LogP contribution in [0.1, 0.15) is 21.5 Å². The molecule has 0 aromatic heterocycles. The van der Waals surface area contributed by atoms with Gasteiger partial charge in [0.1, 0.15) is 11.5 Å². The summed E-state index contributed by atoms with van der Waals surface area (Å²) in [5.74, 6) is -0.152. The second-order valence-electron chi connectivity index (χ2n) is 6.84. The van der Waals surface area contributed by atoms with E-state index in [4.69, 9.17) is 9.47 Å². The molecule has 0 radical (unpaired) electrons. The first-order valence-corrected chi connectivity index (χ1v) is 10.4. The molecule has 0 spiro atoms. The van der Waals surface area contributed by atoms with Crippen molar-refractivity contribution in [3.8, 4) is 11.5 Å². The van der Waals surface area contributed by atoms with Gasteiger partial charge in [-0.15, -0.1) is 0 Å². The summed E-state index contributed by atoms with van der Waals surface area (Å²) >= 11 is -2.47. The summed E-state index contributed by atoms with van der Waals surface area (Å²) in [7, 11) is 1.20. The van der Waals surface area contributed by atoms with Crippen LogP contribution >= 0.6 is 0 Å². The normalized spacial score (nSPS) is 11.5. The zero-order valence-corrected chi connectivity index (χ0v) is 18.3. The molecule has 3 rings (SSSR count). The number of anilines is 2. The fourth-order valence-corrected chi connectivity index (χ4v) is 3.68. The molecule has 1 N–H and O–H groups in total. The average Bonchev–Trinajstić information content (AvgIpc) is 2.75. The number of nitrogens with zero attached hydrogens (tertiary/aromatic N) is 2. The van der Waals surface area contributed by atoms with Crippen LogP contribution in [-0.2, 0) is 16.0 Å². The first-order valence-electron chi connectivity index (χ1n) is 9.34. The van der Waals surface area contributed by atoms with Crippen molar-refractivity contribution in [1.29, 1.82) is 0 Å². The predicted octanol–water partition coefficient (Wildman–Crippen LogP) is 5.07. The van der Waals surface area contributed by atoms with Gasteiger partial charge in [-0.05, 0) is 56.3 Å². The highest BCUT2D eigenvalue weighted by Crippen LogP contribution is 2.35. The minimum Gasteiger partial charge on any atom is -0.465 e. The maximum absolute atomic E-state index is 12.5. The van der Waals surface area contributed by atoms with E-state index in [1.807, 2.05) is 6.92 Å². The highest BCUT2D eigenvalue weighted by Gasteiger charge is 2.23. The standard InChI is InChI=1S/C22H20N2O7S/c1-14-4-6-16(7-5-14)23(32(28)29)21-11-9-18(13-19(21)22(25)30-3)31-17-8-10-20(24(26)27)15(2)12-17/h4-13H,1-3H3,(H,28,29). The number of benzene rings is 3. The van der Waals surface area contributed by atoms with Gasteiger partial charge in [-0.2, -0.15) is 0 Å². The molecule has 1 atom stereocenters. The van der Waals surface area contributed by atoms with Crippen LogP contribution in [-0.4, -0.2) is 26.8 Å². The summed E-state index contributed by atoms with van der Waals surface area (Å²) in [5.41, 5.74) is 1.90. The van der Waals surface area contributed by atoms with Crippen molar-refractivity contribution in [3.63, 3.8) is 0 Å². The third-order valence-electron chi connectivity index (χ3n) is 4.62. The fourth-order valence-electron chi connectivity index (χ4n) is 3.06. The van der Waals surface area contributed by atoms with Crippen molar-refractivity contribution in [2.45, 2.75) is 13.8 Å². The Labute approximate surface area is 186 Å². The Hall–Kier alpha value is -3.76. The zero-order chi connectivity index (χ0) is 23.4. The molecule has 0 fully saturated rings. The van der Waals surface area contributed by atoms with Gasteiger partial charge in [-0.3, -0.25) is 14.7 Å². The van der Waals surface area contributed by atoms with Gasteiger partial charge < -0.3 is 9.47 Å². The van der Waals surface area contributed by atoms with Crippen LogP contribution in [0.4, 0.5) is 17.1 Å². The average molecular weight is 456 g/mol. The number of ether oxygens (including phenoxy) is 2. The molecule has 0 amide bonds. The van der Waals surface area contributed by atoms with Gasteiger partial charge in [0.15, 0.2) is 0 Å². The van der Waals surface area contributed by atoms with E-state index >= 15 is 0 Å². The first-order chi connectivity index (χ1) is 15.2. The third-order valence-corrected chi connectivity index (χ3v) is 5.34. The van der Waals surface area contributed by atoms with Crippen molar-refractivity contribution >= 4 is 34.3 Å². The van der Waals surface area contributed by atoms with E-state index in [0.717, 1.165) is 9.87 Å². The lowest BCUT2D eigenvalue weighted by atomic mass is 10.1. The van der Waals surface area contributed by atoms with Gasteiger partial charge in [0.25, 0.3) is 17.0 Å². The van der Waals surface area contributed by atoms with Crippen molar-refractivity contribution in [1.82, 2.24) is 0 Å². The number of hydrogen-bond acceptors (Lipinski definition) is 6. The minimum atomic E-state index is -2.47. The van der Waals surface area contributed by atoms with Crippen molar-refractivity contribution < 1.29 is 28.0 Å². The molecule has 0 heterocycles. The summed E-state index contributed by atoms with van der Waals surface area (Å²) in [6.07, 6.45) is 0. The Bertz CT molecular complexity index is 1200. The topological polar surface area (TPSA) is 119 Å². The van der Waals surface area contributed by atoms with Gasteiger partial charge >= 0.3 is 5.97 Å². The number of aryl methyl sites for hydroxylation is 2. The van der Waals surface area contributed by atoms with E-state index in [2.05, 4.69) is 0 Å². The minimum absolute atomic E-state index is 0.00612. The number of nitro groups is 1. The Morgan fingerprint density at radius 2 is 1.66 bits per heavy atom. The maximum atomic E-state index is 12.5. The molecule has 1 unspecified atom stereocenters. The second kappa shape index (κ2) is 9.58. The Morgan fingerprint density at radius 3 is 2.22 bits per heavy atom. The van der Waals surface area contributed by atoms with Crippen LogP contribution in [0.15, 0.2) is 60.7 Å². The number of carbonyl (C=O) groups is 1. The van der Waals surface area contributed by atoms with Gasteiger partial charge in [0.05, 0.1) is 29.0 Å². The lowest BCUT2D eigenvalue weighted by molar-refractivity contribution is -0.385. The molecule has 0 aliphatic heterocycles. The number of carbonyl (C=O) groups excluding carboxylic acids is 1. The summed E-state index contributed by atoms with van der Waals surface area (Å²) < 4.78 is 33.8. The zero-order valence-electron chi connectivity index (χ0n) is 17.5. The molecule has 32 heavy (non-hydrogen) atoms. The lowest BCUT2D eigenvalue weighted by Gasteiger charge is -2.23. The molecule has 0 saturated heterocycles. The molecular formula is C22H20N2O7S. The van der Waals surface area contributed by atoms with Crippen molar-refractivity contribution in [2.75, 3.05) is 11.4 Å². The molecular weight excluding hydrogens is 436 g/mol. The fraction of sp³-hybridized carbons (Fsp3) is 0.136. The molecule has 3 aromatic carbocycles. The van der Waals surface area contributed by atoms with Crippen LogP contribution in [0.3, 0.4) is 0 Å². The number of methoxy groups -OCH3 is 1. The molecule has 0 saturated carbocycles. The summed E-state index contributed by atoms with van der Waals surface area (Å²) in [6.45, 7) is 3.47. The Morgan fingerprint density at radius 1 is 1.03 bits per heavy atom. The van der Waals surface area contributed by atoms with Crippen LogP contribution in [0.2, 0.25) is 0 Å². The van der Waals surface area contributed by atoms with Gasteiger partial charge in [-0.1, -0.05) is 17.7 Å². The molecule has 0 bridgehead atoms. The quantitative estimate of drug-likeness (QED) is 0.228. The number of hydrogen-bond donors (Lipinski definition) is 1. The van der Waals surface area contributed by atoms with E-state index in [0.29, 0.717) is 17.0 Å². The second-order valence-corrected chi connectivity index (χ2v) is 7.67. The maximum Gasteiger partial charge on any atom is 0.340 e. The van der Waals surface area contributed by atoms with E-state index in [1.54, 1.807) is 31.2 Å². The van der Waals surface area contributed by atoms with Crippen molar-refractivity contribution in [3.05, 3.63) is 87.5 Å². The monoisotopic (exact) mass is 456 g/mol. The summed E-state index contributed by atoms with van der Waals surface area (Å²) in [6, 6.07) is 15.5. The highest BCUT2D eigenvalue weighted by atomic mass is 32.2. The largest absolute Gasteiger partial charge is 0.465 e. The highest BCUT2D eigenvalue weighted by molar-refractivity contribution is 7.81. The predicted molar refractivity (Wildman–Crippen MR) is 120 cm³/mol. The van der Waals surface area contributed by atoms with Crippen LogP contribution in [0.5, 0.6) is 11.5 Å². The number of rotatable bonds is 7. The molecule has 166 valence electrons. The summed E-state index contributed by atoms with van der Waals surface area (Å²) in [4.78, 5) is 23.0. The van der Waals surface area contributed by atoms with E-state index < -0.39 is 22.2 Å². The molecule has 0 aliphatic rings. The molecule has 10 heteroatoms. The number of nitro benzene ring substituents is 1. The van der Waals surface area contributed by atoms with E-state index in [9.17, 15) is 23.7 Å². The molecule has 0 aliphatic carbocycles. The first kappa shape index (κ1) is 22.9. The lowest BCUT2D eigenvalue weighted by Crippen LogP contribution is -2.22. The van der Waals surface area contributed by atoms with Gasteiger partial charge in [0.2, 0.25) is 0 Å². The van der Waals surface area contributed by atoms with E-state index in [1.165, 1.54) is 43.5 Å². The van der Waals surface area contributed by atoms with Crippen molar-refractivity contribution in [2.24, 2.45) is 0 Å². The summed E-state index contributed by atoms with van der Waals surface area (Å²) in [5, 5.41) is 11.0.